The van der Waals surface area contributed by atoms with Crippen LogP contribution in [0.1, 0.15) is 112 Å². The number of carboxylic acids is 2. The van der Waals surface area contributed by atoms with Gasteiger partial charge in [0.2, 0.25) is 5.91 Å². The third-order valence-electron chi connectivity index (χ3n) is 9.03. The Morgan fingerprint density at radius 1 is 0.683 bits per heavy atom. The van der Waals surface area contributed by atoms with Crippen molar-refractivity contribution in [1.29, 1.82) is 0 Å². The lowest BCUT2D eigenvalue weighted by molar-refractivity contribution is -0.143. The molecule has 4 N–H and O–H groups in total. The predicted molar refractivity (Wildman–Crippen MR) is 223 cm³/mol. The van der Waals surface area contributed by atoms with Crippen LogP contribution in [0, 0.1) is 0 Å². The zero-order valence-corrected chi connectivity index (χ0v) is 37.0. The summed E-state index contributed by atoms with van der Waals surface area (Å²) in [6, 6.07) is 3.77. The molecular formula is C41H60ClF3N4O13S. The molecule has 17 nitrogen and oxygen atoms in total. The van der Waals surface area contributed by atoms with Gasteiger partial charge < -0.3 is 44.5 Å². The van der Waals surface area contributed by atoms with Gasteiger partial charge in [0, 0.05) is 25.7 Å². The highest BCUT2D eigenvalue weighted by Gasteiger charge is 2.38. The van der Waals surface area contributed by atoms with Crippen LogP contribution in [0.2, 0.25) is 5.02 Å². The highest BCUT2D eigenvalue weighted by molar-refractivity contribution is 7.90. The number of carbonyl (C=O) groups is 4. The van der Waals surface area contributed by atoms with Gasteiger partial charge in [-0.15, -0.1) is 0 Å². The fourth-order valence-corrected chi connectivity index (χ4v) is 7.35. The number of rotatable bonds is 37. The van der Waals surface area contributed by atoms with E-state index in [0.717, 1.165) is 63.9 Å². The minimum atomic E-state index is -5.12. The maximum Gasteiger partial charge on any atom is 0.434 e. The minimum Gasteiger partial charge on any atom is -0.492 e. The lowest BCUT2D eigenvalue weighted by Crippen LogP contribution is -2.32. The molecule has 0 atom stereocenters. The van der Waals surface area contributed by atoms with Gasteiger partial charge in [-0.2, -0.15) is 13.2 Å². The summed E-state index contributed by atoms with van der Waals surface area (Å²) in [6.45, 7) is -0.0140. The molecule has 0 aliphatic rings. The van der Waals surface area contributed by atoms with Crippen molar-refractivity contribution in [3.8, 4) is 5.75 Å². The summed E-state index contributed by atoms with van der Waals surface area (Å²) >= 11 is 6.31. The molecule has 63 heavy (non-hydrogen) atoms. The second-order valence-electron chi connectivity index (χ2n) is 14.3. The SMILES string of the molecule is O=C(O)CCCCCCCCCCCCCCCOc1ccc(S(=O)(=O)Cc2ncc(C(=O)NCCOCCOCC(=O)NCCOCCOCC(=O)O)c(C(F)(F)F)n2)cc1Cl. The molecule has 0 unspecified atom stereocenters. The summed E-state index contributed by atoms with van der Waals surface area (Å²) in [4.78, 5) is 52.1. The van der Waals surface area contributed by atoms with E-state index in [1.165, 1.54) is 37.8 Å². The zero-order chi connectivity index (χ0) is 46.4. The number of amides is 2. The first-order valence-corrected chi connectivity index (χ1v) is 23.0. The zero-order valence-electron chi connectivity index (χ0n) is 35.4. The van der Waals surface area contributed by atoms with Crippen LogP contribution >= 0.6 is 11.6 Å². The molecule has 0 fully saturated rings. The molecule has 0 aliphatic carbocycles. The van der Waals surface area contributed by atoms with Crippen molar-refractivity contribution in [1.82, 2.24) is 20.6 Å². The van der Waals surface area contributed by atoms with Crippen molar-refractivity contribution in [2.75, 3.05) is 72.6 Å². The molecule has 0 spiro atoms. The highest BCUT2D eigenvalue weighted by atomic mass is 35.5. The van der Waals surface area contributed by atoms with Crippen LogP contribution in [0.15, 0.2) is 29.3 Å². The normalized spacial score (nSPS) is 11.7. The summed E-state index contributed by atoms with van der Waals surface area (Å²) in [5, 5.41) is 22.0. The lowest BCUT2D eigenvalue weighted by atomic mass is 10.0. The average Bonchev–Trinajstić information content (AvgIpc) is 3.22. The van der Waals surface area contributed by atoms with Gasteiger partial charge in [-0.05, 0) is 31.0 Å². The maximum absolute atomic E-state index is 14.0. The standard InChI is InChI=1S/C41H60ClF3N4O13S/c42-33-26-31(15-16-34(33)62-19-13-11-9-7-5-3-1-2-4-6-8-10-12-14-37(51)52)63(56,57)30-35-48-27-32(39(49-35)41(43,44)45)40(55)47-18-21-59-22-24-60-28-36(50)46-17-20-58-23-25-61-29-38(53)54/h15-16,26-27H,1-14,17-25,28-30H2,(H,46,50)(H,47,55)(H,51,52)(H,53,54). The fraction of sp³-hybridized carbons (Fsp3) is 0.659. The van der Waals surface area contributed by atoms with E-state index in [9.17, 15) is 40.8 Å². The van der Waals surface area contributed by atoms with Gasteiger partial charge in [-0.25, -0.2) is 23.2 Å². The summed E-state index contributed by atoms with van der Waals surface area (Å²) in [5.74, 6) is -4.82. The van der Waals surface area contributed by atoms with Crippen LogP contribution in [-0.2, 0) is 55.1 Å². The number of unbranched alkanes of at least 4 members (excludes halogenated alkanes) is 12. The predicted octanol–water partition coefficient (Wildman–Crippen LogP) is 6.04. The number of halogens is 4. The first-order valence-electron chi connectivity index (χ1n) is 21.0. The number of hydrogen-bond donors (Lipinski definition) is 4. The van der Waals surface area contributed by atoms with Gasteiger partial charge in [0.05, 0.1) is 61.7 Å². The van der Waals surface area contributed by atoms with Gasteiger partial charge >= 0.3 is 18.1 Å². The highest BCUT2D eigenvalue weighted by Crippen LogP contribution is 2.32. The second-order valence-corrected chi connectivity index (χ2v) is 16.7. The van der Waals surface area contributed by atoms with E-state index in [1.807, 2.05) is 0 Å². The first-order chi connectivity index (χ1) is 30.1. The first kappa shape index (κ1) is 55.0. The quantitative estimate of drug-likeness (QED) is 0.0565. The number of carbonyl (C=O) groups excluding carboxylic acids is 2. The van der Waals surface area contributed by atoms with Gasteiger partial charge in [0.15, 0.2) is 15.5 Å². The summed E-state index contributed by atoms with van der Waals surface area (Å²) in [7, 11) is -4.27. The van der Waals surface area contributed by atoms with Gasteiger partial charge in [-0.3, -0.25) is 14.4 Å². The van der Waals surface area contributed by atoms with Crippen LogP contribution in [-0.4, -0.2) is 125 Å². The van der Waals surface area contributed by atoms with Crippen LogP contribution < -0.4 is 15.4 Å². The van der Waals surface area contributed by atoms with E-state index in [0.29, 0.717) is 12.8 Å². The fourth-order valence-electron chi connectivity index (χ4n) is 5.83. The molecule has 2 amide bonds. The largest absolute Gasteiger partial charge is 0.492 e. The number of nitrogens with zero attached hydrogens (tertiary/aromatic N) is 2. The number of hydrogen-bond acceptors (Lipinski definition) is 13. The Morgan fingerprint density at radius 3 is 1.78 bits per heavy atom. The van der Waals surface area contributed by atoms with E-state index in [1.54, 1.807) is 0 Å². The molecule has 1 aromatic heterocycles. The van der Waals surface area contributed by atoms with Crippen LogP contribution in [0.5, 0.6) is 5.75 Å². The number of benzene rings is 1. The number of aromatic nitrogens is 2. The molecule has 0 radical (unpaired) electrons. The Balaban J connectivity index is 1.67. The molecule has 356 valence electrons. The van der Waals surface area contributed by atoms with Crippen molar-refractivity contribution in [3.05, 3.63) is 46.5 Å². The van der Waals surface area contributed by atoms with E-state index >= 15 is 0 Å². The monoisotopic (exact) mass is 940 g/mol. The van der Waals surface area contributed by atoms with Crippen molar-refractivity contribution in [2.45, 2.75) is 107 Å². The van der Waals surface area contributed by atoms with Gasteiger partial charge in [0.25, 0.3) is 5.91 Å². The maximum atomic E-state index is 14.0. The van der Waals surface area contributed by atoms with Crippen molar-refractivity contribution in [3.63, 3.8) is 0 Å². The Morgan fingerprint density at radius 2 is 1.22 bits per heavy atom. The third kappa shape index (κ3) is 25.7. The number of sulfone groups is 1. The molecule has 1 aromatic carbocycles. The van der Waals surface area contributed by atoms with Crippen molar-refractivity contribution < 1.29 is 74.7 Å². The lowest BCUT2D eigenvalue weighted by Gasteiger charge is -2.14. The number of aliphatic carboxylic acids is 2. The van der Waals surface area contributed by atoms with E-state index in [2.05, 4.69) is 20.6 Å². The van der Waals surface area contributed by atoms with Crippen molar-refractivity contribution in [2.24, 2.45) is 0 Å². The summed E-state index contributed by atoms with van der Waals surface area (Å²) in [5.41, 5.74) is -2.52. The number of alkyl halides is 3. The summed E-state index contributed by atoms with van der Waals surface area (Å²) in [6.07, 6.45) is 9.50. The van der Waals surface area contributed by atoms with E-state index < -0.39 is 69.2 Å². The molecule has 2 aromatic rings. The van der Waals surface area contributed by atoms with Gasteiger partial charge in [-0.1, -0.05) is 82.2 Å². The Hall–Kier alpha value is -4.15. The topological polar surface area (TPSA) is 239 Å². The number of nitrogens with one attached hydrogen (secondary N) is 2. The third-order valence-corrected chi connectivity index (χ3v) is 10.9. The van der Waals surface area contributed by atoms with Gasteiger partial charge in [0.1, 0.15) is 30.5 Å². The Labute approximate surface area is 371 Å². The Bertz CT molecular complexity index is 1790. The molecule has 1 heterocycles. The number of carboxylic acid groups (broad SMARTS) is 2. The minimum absolute atomic E-state index is 0.00493. The Kier molecular flexibility index (Phi) is 27.6. The summed E-state index contributed by atoms with van der Waals surface area (Å²) < 4.78 is 94.4. The molecule has 0 bridgehead atoms. The smallest absolute Gasteiger partial charge is 0.434 e. The molecule has 22 heteroatoms. The van der Waals surface area contributed by atoms with Crippen LogP contribution in [0.3, 0.4) is 0 Å². The van der Waals surface area contributed by atoms with Crippen LogP contribution in [0.25, 0.3) is 0 Å². The molecule has 2 rings (SSSR count). The van der Waals surface area contributed by atoms with E-state index in [-0.39, 0.29) is 81.4 Å². The van der Waals surface area contributed by atoms with E-state index in [4.69, 9.17) is 45.5 Å². The number of ether oxygens (including phenoxy) is 5. The second kappa shape index (κ2) is 31.7. The molecule has 0 saturated heterocycles. The molecule has 0 aliphatic heterocycles. The van der Waals surface area contributed by atoms with Crippen LogP contribution in [0.4, 0.5) is 13.2 Å². The molecule has 0 saturated carbocycles. The average molecular weight is 941 g/mol. The van der Waals surface area contributed by atoms with Crippen molar-refractivity contribution >= 4 is 45.2 Å². The molecular weight excluding hydrogens is 881 g/mol.